The first-order valence-corrected chi connectivity index (χ1v) is 9.67. The first-order valence-electron chi connectivity index (χ1n) is 9.67. The number of hydrogen-bond acceptors (Lipinski definition) is 3. The Morgan fingerprint density at radius 1 is 1.10 bits per heavy atom. The molecule has 1 atom stereocenters. The zero-order valence-corrected chi connectivity index (χ0v) is 16.6. The molecule has 0 aliphatic heterocycles. The van der Waals surface area contributed by atoms with E-state index in [-0.39, 0.29) is 11.9 Å². The Kier molecular flexibility index (Phi) is 5.04. The molecule has 0 saturated heterocycles. The van der Waals surface area contributed by atoms with Crippen LogP contribution < -0.4 is 11.1 Å². The van der Waals surface area contributed by atoms with Crippen LogP contribution in [0.1, 0.15) is 38.8 Å². The van der Waals surface area contributed by atoms with Crippen LogP contribution in [-0.4, -0.2) is 15.9 Å². The number of rotatable bonds is 5. The maximum atomic E-state index is 13.2. The number of anilines is 1. The average Bonchev–Trinajstić information content (AvgIpc) is 3.14. The number of amides is 1. The van der Waals surface area contributed by atoms with E-state index in [4.69, 9.17) is 5.73 Å². The van der Waals surface area contributed by atoms with Crippen LogP contribution in [0, 0.1) is 13.8 Å². The standard InChI is InChI=1S/C24H24N4O/c1-15-12-23(25)27-16(2)19(15)13-22(17-8-4-3-5-9-17)28-24(29)20-14-26-21-11-7-6-10-18(20)21/h3-12,14,22,26H,13H2,1-2H3,(H2,25,27)(H,28,29). The number of aromatic amines is 1. The number of hydrogen-bond donors (Lipinski definition) is 3. The molecule has 5 nitrogen and oxygen atoms in total. The van der Waals surface area contributed by atoms with Gasteiger partial charge in [-0.15, -0.1) is 0 Å². The van der Waals surface area contributed by atoms with Gasteiger partial charge < -0.3 is 16.0 Å². The largest absolute Gasteiger partial charge is 0.384 e. The summed E-state index contributed by atoms with van der Waals surface area (Å²) < 4.78 is 0. The number of para-hydroxylation sites is 1. The van der Waals surface area contributed by atoms with Crippen LogP contribution in [0.4, 0.5) is 5.82 Å². The van der Waals surface area contributed by atoms with Gasteiger partial charge in [-0.2, -0.15) is 0 Å². The van der Waals surface area contributed by atoms with Crippen LogP contribution in [0.15, 0.2) is 66.9 Å². The topological polar surface area (TPSA) is 83.8 Å². The first kappa shape index (κ1) is 18.7. The fourth-order valence-electron chi connectivity index (χ4n) is 3.83. The van der Waals surface area contributed by atoms with Crippen LogP contribution in [-0.2, 0) is 6.42 Å². The molecule has 2 heterocycles. The van der Waals surface area contributed by atoms with Crippen LogP contribution >= 0.6 is 0 Å². The monoisotopic (exact) mass is 384 g/mol. The molecule has 1 unspecified atom stereocenters. The Hall–Kier alpha value is -3.60. The SMILES string of the molecule is Cc1cc(N)nc(C)c1CC(NC(=O)c1c[nH]c2ccccc12)c1ccccc1. The predicted octanol–water partition coefficient (Wildman–Crippen LogP) is 4.48. The Bertz CT molecular complexity index is 1140. The third kappa shape index (κ3) is 3.85. The van der Waals surface area contributed by atoms with E-state index in [1.165, 1.54) is 0 Å². The summed E-state index contributed by atoms with van der Waals surface area (Å²) in [5.74, 6) is 0.415. The van der Waals surface area contributed by atoms with Crippen LogP contribution in [0.5, 0.6) is 0 Å². The lowest BCUT2D eigenvalue weighted by atomic mass is 9.95. The van der Waals surface area contributed by atoms with Gasteiger partial charge in [0.25, 0.3) is 5.91 Å². The maximum Gasteiger partial charge on any atom is 0.253 e. The number of benzene rings is 2. The van der Waals surface area contributed by atoms with Crippen molar-refractivity contribution in [2.24, 2.45) is 0 Å². The van der Waals surface area contributed by atoms with Crippen LogP contribution in [0.2, 0.25) is 0 Å². The number of aryl methyl sites for hydroxylation is 2. The van der Waals surface area contributed by atoms with Crippen molar-refractivity contribution in [3.05, 3.63) is 94.8 Å². The van der Waals surface area contributed by atoms with Crippen molar-refractivity contribution in [1.29, 1.82) is 0 Å². The van der Waals surface area contributed by atoms with E-state index < -0.39 is 0 Å². The molecule has 4 rings (SSSR count). The lowest BCUT2D eigenvalue weighted by Gasteiger charge is -2.21. The van der Waals surface area contributed by atoms with E-state index in [1.807, 2.05) is 74.5 Å². The van der Waals surface area contributed by atoms with Crippen LogP contribution in [0.25, 0.3) is 10.9 Å². The Labute approximate surface area is 170 Å². The van der Waals surface area contributed by atoms with Gasteiger partial charge in [-0.3, -0.25) is 4.79 Å². The van der Waals surface area contributed by atoms with Gasteiger partial charge in [-0.25, -0.2) is 4.98 Å². The van der Waals surface area contributed by atoms with Crippen molar-refractivity contribution in [3.63, 3.8) is 0 Å². The third-order valence-electron chi connectivity index (χ3n) is 5.32. The number of aromatic nitrogens is 2. The second kappa shape index (κ2) is 7.80. The molecular weight excluding hydrogens is 360 g/mol. The highest BCUT2D eigenvalue weighted by atomic mass is 16.1. The van der Waals surface area contributed by atoms with E-state index >= 15 is 0 Å². The predicted molar refractivity (Wildman–Crippen MR) is 117 cm³/mol. The number of nitrogens with zero attached hydrogens (tertiary/aromatic N) is 1. The van der Waals surface area contributed by atoms with Gasteiger partial charge >= 0.3 is 0 Å². The summed E-state index contributed by atoms with van der Waals surface area (Å²) in [6.07, 6.45) is 2.41. The van der Waals surface area contributed by atoms with Crippen molar-refractivity contribution < 1.29 is 4.79 Å². The molecule has 0 saturated carbocycles. The second-order valence-electron chi connectivity index (χ2n) is 7.32. The Morgan fingerprint density at radius 2 is 1.83 bits per heavy atom. The highest BCUT2D eigenvalue weighted by molar-refractivity contribution is 6.06. The van der Waals surface area contributed by atoms with E-state index in [0.717, 1.165) is 33.3 Å². The summed E-state index contributed by atoms with van der Waals surface area (Å²) >= 11 is 0. The van der Waals surface area contributed by atoms with Gasteiger partial charge in [0, 0.05) is 22.8 Å². The molecule has 2 aromatic carbocycles. The lowest BCUT2D eigenvalue weighted by Crippen LogP contribution is -2.30. The quantitative estimate of drug-likeness (QED) is 0.474. The van der Waals surface area contributed by atoms with E-state index in [1.54, 1.807) is 6.20 Å². The van der Waals surface area contributed by atoms with Gasteiger partial charge in [-0.1, -0.05) is 48.5 Å². The van der Waals surface area contributed by atoms with Gasteiger partial charge in [-0.05, 0) is 49.1 Å². The fraction of sp³-hybridized carbons (Fsp3) is 0.167. The number of H-pyrrole nitrogens is 1. The molecule has 0 radical (unpaired) electrons. The summed E-state index contributed by atoms with van der Waals surface area (Å²) in [4.78, 5) is 20.7. The van der Waals surface area contributed by atoms with Crippen molar-refractivity contribution in [2.75, 3.05) is 5.73 Å². The van der Waals surface area contributed by atoms with E-state index in [9.17, 15) is 4.79 Å². The molecule has 146 valence electrons. The third-order valence-corrected chi connectivity index (χ3v) is 5.32. The van der Waals surface area contributed by atoms with Gasteiger partial charge in [0.2, 0.25) is 0 Å². The smallest absolute Gasteiger partial charge is 0.253 e. The van der Waals surface area contributed by atoms with Crippen LogP contribution in [0.3, 0.4) is 0 Å². The molecule has 0 spiro atoms. The number of pyridine rings is 1. The van der Waals surface area contributed by atoms with Crippen molar-refractivity contribution in [3.8, 4) is 0 Å². The minimum atomic E-state index is -0.180. The molecule has 0 fully saturated rings. The summed E-state index contributed by atoms with van der Waals surface area (Å²) in [5.41, 5.74) is 11.6. The molecular formula is C24H24N4O. The van der Waals surface area contributed by atoms with Gasteiger partial charge in [0.1, 0.15) is 5.82 Å². The Balaban J connectivity index is 1.68. The number of fused-ring (bicyclic) bond motifs is 1. The molecule has 5 heteroatoms. The number of nitrogens with two attached hydrogens (primary N) is 1. The summed E-state index contributed by atoms with van der Waals surface area (Å²) in [7, 11) is 0. The van der Waals surface area contributed by atoms with Gasteiger partial charge in [0.15, 0.2) is 0 Å². The van der Waals surface area contributed by atoms with Gasteiger partial charge in [0.05, 0.1) is 11.6 Å². The van der Waals surface area contributed by atoms with Crippen molar-refractivity contribution in [1.82, 2.24) is 15.3 Å². The summed E-state index contributed by atoms with van der Waals surface area (Å²) in [5, 5.41) is 4.14. The number of nitrogens with one attached hydrogen (secondary N) is 2. The van der Waals surface area contributed by atoms with E-state index in [0.29, 0.717) is 17.8 Å². The van der Waals surface area contributed by atoms with Crippen molar-refractivity contribution >= 4 is 22.6 Å². The fourth-order valence-corrected chi connectivity index (χ4v) is 3.83. The summed E-state index contributed by atoms with van der Waals surface area (Å²) in [6, 6.07) is 19.5. The Morgan fingerprint density at radius 3 is 2.59 bits per heavy atom. The van der Waals surface area contributed by atoms with Crippen molar-refractivity contribution in [2.45, 2.75) is 26.3 Å². The highest BCUT2D eigenvalue weighted by Gasteiger charge is 2.20. The minimum Gasteiger partial charge on any atom is -0.384 e. The number of nitrogen functional groups attached to an aromatic ring is 1. The minimum absolute atomic E-state index is 0.102. The molecule has 4 N–H and O–H groups in total. The zero-order chi connectivity index (χ0) is 20.4. The summed E-state index contributed by atoms with van der Waals surface area (Å²) in [6.45, 7) is 3.99. The van der Waals surface area contributed by atoms with E-state index in [2.05, 4.69) is 15.3 Å². The molecule has 29 heavy (non-hydrogen) atoms. The number of carbonyl (C=O) groups excluding carboxylic acids is 1. The number of carbonyl (C=O) groups is 1. The maximum absolute atomic E-state index is 13.2. The second-order valence-corrected chi connectivity index (χ2v) is 7.32. The molecule has 2 aromatic heterocycles. The lowest BCUT2D eigenvalue weighted by molar-refractivity contribution is 0.0938. The normalized spacial score (nSPS) is 12.1. The molecule has 0 aliphatic rings. The molecule has 1 amide bonds. The molecule has 0 bridgehead atoms. The first-order chi connectivity index (χ1) is 14.0. The zero-order valence-electron chi connectivity index (χ0n) is 16.6. The molecule has 4 aromatic rings. The molecule has 0 aliphatic carbocycles. The average molecular weight is 384 g/mol. The highest BCUT2D eigenvalue weighted by Crippen LogP contribution is 2.25.